The Morgan fingerprint density at radius 1 is 1.55 bits per heavy atom. The van der Waals surface area contributed by atoms with Gasteiger partial charge in [-0.15, -0.1) is 0 Å². The molecule has 22 heavy (non-hydrogen) atoms. The predicted octanol–water partition coefficient (Wildman–Crippen LogP) is 1.46. The molecule has 2 unspecified atom stereocenters. The third-order valence-electron chi connectivity index (χ3n) is 4.08. The molecule has 0 aliphatic carbocycles. The molecule has 1 aliphatic rings. The number of likely N-dealkylation sites (tertiary alicyclic amines) is 1. The van der Waals surface area contributed by atoms with Crippen LogP contribution in [0.3, 0.4) is 0 Å². The summed E-state index contributed by atoms with van der Waals surface area (Å²) in [7, 11) is 2.16. The maximum absolute atomic E-state index is 10.5. The average molecular weight is 324 g/mol. The first-order chi connectivity index (χ1) is 10.5. The molecule has 1 aliphatic heterocycles. The van der Waals surface area contributed by atoms with Crippen molar-refractivity contribution in [1.82, 2.24) is 15.5 Å². The molecule has 0 amide bonds. The topological polar surface area (TPSA) is 59.9 Å². The van der Waals surface area contributed by atoms with Crippen molar-refractivity contribution < 1.29 is 5.11 Å². The molecule has 2 rings (SSSR count). The van der Waals surface area contributed by atoms with Crippen molar-refractivity contribution in [3.8, 4) is 0 Å². The van der Waals surface area contributed by atoms with Crippen LogP contribution in [0.2, 0.25) is 0 Å². The second-order valence-corrected chi connectivity index (χ2v) is 7.06. The van der Waals surface area contributed by atoms with Gasteiger partial charge >= 0.3 is 0 Å². The number of nitrogens with zero attached hydrogens (tertiary/aromatic N) is 2. The number of thiophene rings is 1. The third-order valence-corrected chi connectivity index (χ3v) is 4.76. The van der Waals surface area contributed by atoms with Crippen molar-refractivity contribution in [2.75, 3.05) is 39.8 Å². The molecular weight excluding hydrogens is 296 g/mol. The first-order valence-electron chi connectivity index (χ1n) is 7.97. The normalized spacial score (nSPS) is 22.5. The summed E-state index contributed by atoms with van der Waals surface area (Å²) >= 11 is 1.59. The highest BCUT2D eigenvalue weighted by atomic mass is 32.1. The summed E-state index contributed by atoms with van der Waals surface area (Å²) in [6.45, 7) is 8.27. The minimum atomic E-state index is -0.921. The Morgan fingerprint density at radius 3 is 2.95 bits per heavy atom. The van der Waals surface area contributed by atoms with Gasteiger partial charge in [0.15, 0.2) is 5.96 Å². The molecule has 1 fully saturated rings. The molecule has 0 aromatic carbocycles. The average Bonchev–Trinajstić information content (AvgIpc) is 3.13. The van der Waals surface area contributed by atoms with E-state index in [1.165, 1.54) is 13.0 Å². The van der Waals surface area contributed by atoms with E-state index in [0.29, 0.717) is 12.5 Å². The van der Waals surface area contributed by atoms with Gasteiger partial charge in [0.25, 0.3) is 0 Å². The van der Waals surface area contributed by atoms with Gasteiger partial charge in [-0.05, 0) is 62.2 Å². The van der Waals surface area contributed by atoms with Gasteiger partial charge in [0.2, 0.25) is 0 Å². The Labute approximate surface area is 137 Å². The first-order valence-corrected chi connectivity index (χ1v) is 8.91. The summed E-state index contributed by atoms with van der Waals surface area (Å²) in [4.78, 5) is 6.92. The lowest BCUT2D eigenvalue weighted by molar-refractivity contribution is 0.0677. The zero-order valence-corrected chi connectivity index (χ0v) is 14.6. The predicted molar refractivity (Wildman–Crippen MR) is 93.5 cm³/mol. The highest BCUT2D eigenvalue weighted by molar-refractivity contribution is 7.08. The van der Waals surface area contributed by atoms with Gasteiger partial charge in [-0.3, -0.25) is 0 Å². The van der Waals surface area contributed by atoms with Crippen molar-refractivity contribution >= 4 is 17.3 Å². The number of nitrogens with one attached hydrogen (secondary N) is 2. The number of guanidine groups is 1. The van der Waals surface area contributed by atoms with Crippen LogP contribution in [0, 0.1) is 5.92 Å². The van der Waals surface area contributed by atoms with Crippen LogP contribution in [0.4, 0.5) is 0 Å². The Balaban J connectivity index is 1.89. The van der Waals surface area contributed by atoms with Gasteiger partial charge in [-0.2, -0.15) is 11.3 Å². The summed E-state index contributed by atoms with van der Waals surface area (Å²) in [6, 6.07) is 1.95. The Hall–Kier alpha value is -1.11. The number of hydrogen-bond donors (Lipinski definition) is 3. The van der Waals surface area contributed by atoms with E-state index in [2.05, 4.69) is 34.5 Å². The van der Waals surface area contributed by atoms with E-state index in [1.54, 1.807) is 11.3 Å². The minimum absolute atomic E-state index is 0.351. The molecular formula is C16H28N4OS. The lowest BCUT2D eigenvalue weighted by Gasteiger charge is -2.21. The second-order valence-electron chi connectivity index (χ2n) is 6.28. The van der Waals surface area contributed by atoms with Crippen LogP contribution in [-0.2, 0) is 5.60 Å². The van der Waals surface area contributed by atoms with Gasteiger partial charge in [0.1, 0.15) is 5.60 Å². The van der Waals surface area contributed by atoms with Crippen molar-refractivity contribution in [2.24, 2.45) is 10.9 Å². The van der Waals surface area contributed by atoms with Crippen LogP contribution < -0.4 is 10.6 Å². The van der Waals surface area contributed by atoms with E-state index >= 15 is 0 Å². The second kappa shape index (κ2) is 7.94. The van der Waals surface area contributed by atoms with Crippen molar-refractivity contribution in [3.63, 3.8) is 0 Å². The Kier molecular flexibility index (Phi) is 6.23. The summed E-state index contributed by atoms with van der Waals surface area (Å²) < 4.78 is 0. The minimum Gasteiger partial charge on any atom is -0.383 e. The van der Waals surface area contributed by atoms with E-state index in [1.807, 2.05) is 23.8 Å². The van der Waals surface area contributed by atoms with Crippen LogP contribution in [0.25, 0.3) is 0 Å². The molecule has 1 saturated heterocycles. The molecule has 5 nitrogen and oxygen atoms in total. The van der Waals surface area contributed by atoms with Crippen LogP contribution in [0.5, 0.6) is 0 Å². The van der Waals surface area contributed by atoms with Crippen LogP contribution >= 0.6 is 11.3 Å². The molecule has 124 valence electrons. The highest BCUT2D eigenvalue weighted by Crippen LogP contribution is 2.23. The number of hydrogen-bond acceptors (Lipinski definition) is 4. The molecule has 2 heterocycles. The summed E-state index contributed by atoms with van der Waals surface area (Å²) in [6.07, 6.45) is 1.23. The molecule has 0 bridgehead atoms. The summed E-state index contributed by atoms with van der Waals surface area (Å²) in [5, 5.41) is 21.2. The van der Waals surface area contributed by atoms with Gasteiger partial charge < -0.3 is 20.6 Å². The summed E-state index contributed by atoms with van der Waals surface area (Å²) in [5.74, 6) is 1.46. The number of aliphatic hydroxyl groups is 1. The Bertz CT molecular complexity index is 473. The lowest BCUT2D eigenvalue weighted by Crippen LogP contribution is -2.41. The van der Waals surface area contributed by atoms with Gasteiger partial charge in [-0.25, -0.2) is 4.99 Å². The van der Waals surface area contributed by atoms with E-state index in [-0.39, 0.29) is 0 Å². The van der Waals surface area contributed by atoms with Crippen molar-refractivity contribution in [2.45, 2.75) is 25.9 Å². The summed E-state index contributed by atoms with van der Waals surface area (Å²) in [5.41, 5.74) is 0.00477. The fourth-order valence-corrected chi connectivity index (χ4v) is 3.45. The van der Waals surface area contributed by atoms with Gasteiger partial charge in [-0.1, -0.05) is 0 Å². The van der Waals surface area contributed by atoms with E-state index in [4.69, 9.17) is 0 Å². The van der Waals surface area contributed by atoms with E-state index in [0.717, 1.165) is 31.2 Å². The zero-order valence-electron chi connectivity index (χ0n) is 13.8. The van der Waals surface area contributed by atoms with E-state index < -0.39 is 5.60 Å². The fourth-order valence-electron chi connectivity index (χ4n) is 2.67. The quantitative estimate of drug-likeness (QED) is 0.548. The zero-order chi connectivity index (χ0) is 16.0. The maximum atomic E-state index is 10.5. The largest absolute Gasteiger partial charge is 0.383 e. The first kappa shape index (κ1) is 17.2. The molecule has 6 heteroatoms. The van der Waals surface area contributed by atoms with Crippen LogP contribution in [0.1, 0.15) is 25.8 Å². The third kappa shape index (κ3) is 4.97. The Morgan fingerprint density at radius 2 is 2.36 bits per heavy atom. The molecule has 0 spiro atoms. The molecule has 3 N–H and O–H groups in total. The standard InChI is InChI=1S/C16H28N4OS/c1-4-17-15(18-9-13-5-7-20(3)10-13)19-12-16(2,21)14-6-8-22-11-14/h6,8,11,13,21H,4-5,7,9-10,12H2,1-3H3,(H2,17,18,19). The molecule has 0 radical (unpaired) electrons. The molecule has 0 saturated carbocycles. The number of rotatable bonds is 6. The van der Waals surface area contributed by atoms with Crippen LogP contribution in [-0.4, -0.2) is 55.7 Å². The highest BCUT2D eigenvalue weighted by Gasteiger charge is 2.24. The SMILES string of the molecule is CCNC(=NCC(C)(O)c1ccsc1)NCC1CCN(C)C1. The van der Waals surface area contributed by atoms with Crippen LogP contribution in [0.15, 0.2) is 21.8 Å². The number of aliphatic imine (C=N–C) groups is 1. The molecule has 2 atom stereocenters. The lowest BCUT2D eigenvalue weighted by atomic mass is 10.00. The smallest absolute Gasteiger partial charge is 0.191 e. The van der Waals surface area contributed by atoms with Crippen molar-refractivity contribution in [3.05, 3.63) is 22.4 Å². The molecule has 1 aromatic heterocycles. The van der Waals surface area contributed by atoms with Crippen molar-refractivity contribution in [1.29, 1.82) is 0 Å². The van der Waals surface area contributed by atoms with E-state index in [9.17, 15) is 5.11 Å². The monoisotopic (exact) mass is 324 g/mol. The van der Waals surface area contributed by atoms with Gasteiger partial charge in [0.05, 0.1) is 6.54 Å². The maximum Gasteiger partial charge on any atom is 0.191 e. The molecule has 1 aromatic rings. The fraction of sp³-hybridized carbons (Fsp3) is 0.688. The van der Waals surface area contributed by atoms with Gasteiger partial charge in [0, 0.05) is 19.6 Å².